The summed E-state index contributed by atoms with van der Waals surface area (Å²) in [5.74, 6) is 0.127. The highest BCUT2D eigenvalue weighted by Crippen LogP contribution is 2.20. The highest BCUT2D eigenvalue weighted by atomic mass is 16.2. The third-order valence-electron chi connectivity index (χ3n) is 4.26. The standard InChI is InChI=1S/C19H21N3O2/c1-14-7-8-17(20-12-14)21-19(24)16-11-18(23)22(13-16)10-9-15-5-3-2-4-6-15/h2-8,12,16H,9-11,13H2,1H3,(H,20,21,24). The number of rotatable bonds is 5. The van der Waals surface area contributed by atoms with Gasteiger partial charge in [-0.05, 0) is 30.5 Å². The maximum Gasteiger partial charge on any atom is 0.230 e. The fraction of sp³-hybridized carbons (Fsp3) is 0.316. The molecule has 3 rings (SSSR count). The van der Waals surface area contributed by atoms with E-state index in [1.807, 2.05) is 43.3 Å². The van der Waals surface area contributed by atoms with Crippen molar-refractivity contribution in [3.63, 3.8) is 0 Å². The summed E-state index contributed by atoms with van der Waals surface area (Å²) < 4.78 is 0. The van der Waals surface area contributed by atoms with Crippen LogP contribution in [0, 0.1) is 12.8 Å². The van der Waals surface area contributed by atoms with Crippen molar-refractivity contribution < 1.29 is 9.59 Å². The second-order valence-corrected chi connectivity index (χ2v) is 6.19. The van der Waals surface area contributed by atoms with E-state index in [0.29, 0.717) is 18.9 Å². The van der Waals surface area contributed by atoms with Gasteiger partial charge in [-0.3, -0.25) is 9.59 Å². The van der Waals surface area contributed by atoms with Crippen LogP contribution in [-0.4, -0.2) is 34.8 Å². The molecule has 24 heavy (non-hydrogen) atoms. The predicted octanol–water partition coefficient (Wildman–Crippen LogP) is 2.42. The number of carbonyl (C=O) groups excluding carboxylic acids is 2. The molecule has 2 aromatic rings. The van der Waals surface area contributed by atoms with E-state index in [2.05, 4.69) is 10.3 Å². The molecular weight excluding hydrogens is 302 g/mol. The molecule has 1 aromatic heterocycles. The van der Waals surface area contributed by atoms with Crippen molar-refractivity contribution in [2.75, 3.05) is 18.4 Å². The highest BCUT2D eigenvalue weighted by molar-refractivity contribution is 5.96. The quantitative estimate of drug-likeness (QED) is 0.919. The maximum absolute atomic E-state index is 12.3. The minimum absolute atomic E-state index is 0.0444. The van der Waals surface area contributed by atoms with Crippen molar-refractivity contribution in [3.05, 3.63) is 59.8 Å². The molecule has 0 saturated carbocycles. The molecule has 5 heteroatoms. The molecule has 0 bridgehead atoms. The fourth-order valence-corrected chi connectivity index (χ4v) is 2.84. The Bertz CT molecular complexity index is 713. The van der Waals surface area contributed by atoms with E-state index in [4.69, 9.17) is 0 Å². The lowest BCUT2D eigenvalue weighted by Crippen LogP contribution is -2.30. The number of aromatic nitrogens is 1. The van der Waals surface area contributed by atoms with Gasteiger partial charge in [0.25, 0.3) is 0 Å². The number of aryl methyl sites for hydroxylation is 1. The van der Waals surface area contributed by atoms with Crippen LogP contribution in [-0.2, 0) is 16.0 Å². The summed E-state index contributed by atoms with van der Waals surface area (Å²) in [6.07, 6.45) is 2.79. The van der Waals surface area contributed by atoms with Gasteiger partial charge in [0.15, 0.2) is 0 Å². The van der Waals surface area contributed by atoms with Crippen LogP contribution >= 0.6 is 0 Å². The summed E-state index contributed by atoms with van der Waals surface area (Å²) >= 11 is 0. The van der Waals surface area contributed by atoms with Gasteiger partial charge < -0.3 is 10.2 Å². The molecule has 2 heterocycles. The zero-order chi connectivity index (χ0) is 16.9. The van der Waals surface area contributed by atoms with Gasteiger partial charge in [0.2, 0.25) is 11.8 Å². The molecule has 0 radical (unpaired) electrons. The lowest BCUT2D eigenvalue weighted by molar-refractivity contribution is -0.128. The van der Waals surface area contributed by atoms with Crippen LogP contribution in [0.5, 0.6) is 0 Å². The van der Waals surface area contributed by atoms with Crippen molar-refractivity contribution in [2.24, 2.45) is 5.92 Å². The summed E-state index contributed by atoms with van der Waals surface area (Å²) in [5, 5.41) is 2.80. The van der Waals surface area contributed by atoms with Crippen LogP contribution in [0.1, 0.15) is 17.5 Å². The van der Waals surface area contributed by atoms with Crippen molar-refractivity contribution in [3.8, 4) is 0 Å². The Morgan fingerprint density at radius 2 is 2.04 bits per heavy atom. The smallest absolute Gasteiger partial charge is 0.230 e. The minimum Gasteiger partial charge on any atom is -0.342 e. The van der Waals surface area contributed by atoms with E-state index >= 15 is 0 Å². The molecule has 1 aliphatic heterocycles. The van der Waals surface area contributed by atoms with Crippen LogP contribution in [0.2, 0.25) is 0 Å². The molecule has 1 atom stereocenters. The summed E-state index contributed by atoms with van der Waals surface area (Å²) in [6, 6.07) is 13.7. The maximum atomic E-state index is 12.3. The number of pyridine rings is 1. The monoisotopic (exact) mass is 323 g/mol. The number of carbonyl (C=O) groups is 2. The fourth-order valence-electron chi connectivity index (χ4n) is 2.84. The van der Waals surface area contributed by atoms with Gasteiger partial charge in [-0.2, -0.15) is 0 Å². The van der Waals surface area contributed by atoms with Gasteiger partial charge in [0.05, 0.1) is 5.92 Å². The predicted molar refractivity (Wildman–Crippen MR) is 92.4 cm³/mol. The number of anilines is 1. The SMILES string of the molecule is Cc1ccc(NC(=O)C2CC(=O)N(CCc3ccccc3)C2)nc1. The number of nitrogens with one attached hydrogen (secondary N) is 1. The van der Waals surface area contributed by atoms with E-state index in [9.17, 15) is 9.59 Å². The first kappa shape index (κ1) is 16.2. The van der Waals surface area contributed by atoms with Crippen molar-refractivity contribution in [1.29, 1.82) is 0 Å². The third-order valence-corrected chi connectivity index (χ3v) is 4.26. The molecule has 1 N–H and O–H groups in total. The van der Waals surface area contributed by atoms with Crippen molar-refractivity contribution in [1.82, 2.24) is 9.88 Å². The van der Waals surface area contributed by atoms with Crippen molar-refractivity contribution >= 4 is 17.6 Å². The Morgan fingerprint density at radius 1 is 1.25 bits per heavy atom. The van der Waals surface area contributed by atoms with E-state index in [1.165, 1.54) is 5.56 Å². The summed E-state index contributed by atoms with van der Waals surface area (Å²) in [4.78, 5) is 30.4. The van der Waals surface area contributed by atoms with E-state index in [0.717, 1.165) is 12.0 Å². The largest absolute Gasteiger partial charge is 0.342 e. The zero-order valence-corrected chi connectivity index (χ0v) is 13.7. The lowest BCUT2D eigenvalue weighted by Gasteiger charge is -2.16. The first-order chi connectivity index (χ1) is 11.6. The van der Waals surface area contributed by atoms with Crippen LogP contribution in [0.4, 0.5) is 5.82 Å². The van der Waals surface area contributed by atoms with E-state index < -0.39 is 0 Å². The summed E-state index contributed by atoms with van der Waals surface area (Å²) in [7, 11) is 0. The van der Waals surface area contributed by atoms with Gasteiger partial charge in [-0.15, -0.1) is 0 Å². The number of amides is 2. The number of hydrogen-bond acceptors (Lipinski definition) is 3. The van der Waals surface area contributed by atoms with Gasteiger partial charge in [-0.25, -0.2) is 4.98 Å². The average molecular weight is 323 g/mol. The molecule has 0 spiro atoms. The zero-order valence-electron chi connectivity index (χ0n) is 13.7. The Labute approximate surface area is 141 Å². The molecule has 1 unspecified atom stereocenters. The molecule has 124 valence electrons. The molecule has 5 nitrogen and oxygen atoms in total. The normalized spacial score (nSPS) is 17.1. The number of hydrogen-bond donors (Lipinski definition) is 1. The molecule has 2 amide bonds. The Balaban J connectivity index is 1.53. The van der Waals surface area contributed by atoms with Crippen LogP contribution in [0.15, 0.2) is 48.7 Å². The minimum atomic E-state index is -0.309. The molecular formula is C19H21N3O2. The number of nitrogens with zero attached hydrogens (tertiary/aromatic N) is 2. The van der Waals surface area contributed by atoms with Gasteiger partial charge in [-0.1, -0.05) is 36.4 Å². The Hall–Kier alpha value is -2.69. The average Bonchev–Trinajstić information content (AvgIpc) is 2.97. The molecule has 1 saturated heterocycles. The Morgan fingerprint density at radius 3 is 2.75 bits per heavy atom. The number of likely N-dealkylation sites (tertiary alicyclic amines) is 1. The molecule has 0 aliphatic carbocycles. The van der Waals surface area contributed by atoms with Crippen LogP contribution < -0.4 is 5.32 Å². The second kappa shape index (κ2) is 7.25. The van der Waals surface area contributed by atoms with Gasteiger partial charge >= 0.3 is 0 Å². The third kappa shape index (κ3) is 3.98. The Kier molecular flexibility index (Phi) is 4.89. The number of benzene rings is 1. The van der Waals surface area contributed by atoms with Gasteiger partial charge in [0, 0.05) is 25.7 Å². The topological polar surface area (TPSA) is 62.3 Å². The van der Waals surface area contributed by atoms with Crippen LogP contribution in [0.3, 0.4) is 0 Å². The second-order valence-electron chi connectivity index (χ2n) is 6.19. The molecule has 1 fully saturated rings. The summed E-state index contributed by atoms with van der Waals surface area (Å²) in [5.41, 5.74) is 2.23. The van der Waals surface area contributed by atoms with E-state index in [-0.39, 0.29) is 24.2 Å². The summed E-state index contributed by atoms with van der Waals surface area (Å²) in [6.45, 7) is 3.07. The molecule has 1 aromatic carbocycles. The highest BCUT2D eigenvalue weighted by Gasteiger charge is 2.34. The molecule has 1 aliphatic rings. The van der Waals surface area contributed by atoms with Gasteiger partial charge in [0.1, 0.15) is 5.82 Å². The van der Waals surface area contributed by atoms with Crippen molar-refractivity contribution in [2.45, 2.75) is 19.8 Å². The lowest BCUT2D eigenvalue weighted by atomic mass is 10.1. The van der Waals surface area contributed by atoms with E-state index in [1.54, 1.807) is 17.2 Å². The first-order valence-electron chi connectivity index (χ1n) is 8.17. The van der Waals surface area contributed by atoms with Crippen LogP contribution in [0.25, 0.3) is 0 Å². The first-order valence-corrected chi connectivity index (χ1v) is 8.17.